The van der Waals surface area contributed by atoms with Crippen LogP contribution >= 0.6 is 11.8 Å². The van der Waals surface area contributed by atoms with Crippen LogP contribution in [0.1, 0.15) is 47.8 Å². The fraction of sp³-hybridized carbons (Fsp3) is 0.368. The van der Waals surface area contributed by atoms with Gasteiger partial charge in [0, 0.05) is 5.56 Å². The predicted molar refractivity (Wildman–Crippen MR) is 196 cm³/mol. The average molecular weight is 770 g/mol. The quantitative estimate of drug-likeness (QED) is 0.0934. The molecule has 2 aliphatic rings. The van der Waals surface area contributed by atoms with E-state index in [2.05, 4.69) is 5.32 Å². The van der Waals surface area contributed by atoms with Gasteiger partial charge in [0.15, 0.2) is 6.04 Å². The number of β-lactam (4-membered cyclic amide) rings is 1. The molecule has 53 heavy (non-hydrogen) atoms. The maximum absolute atomic E-state index is 14.0. The largest absolute Gasteiger partial charge is 0.497 e. The molecule has 1 unspecified atom stereocenters. The lowest BCUT2D eigenvalue weighted by Gasteiger charge is -2.52. The first-order valence-corrected chi connectivity index (χ1v) is 20.7. The molecule has 3 amide bonds. The van der Waals surface area contributed by atoms with Crippen LogP contribution in [0.3, 0.4) is 0 Å². The third-order valence-electron chi connectivity index (χ3n) is 9.51. The number of halogens is 3. The lowest BCUT2D eigenvalue weighted by atomic mass is 9.97. The van der Waals surface area contributed by atoms with Crippen molar-refractivity contribution in [2.24, 2.45) is 0 Å². The Morgan fingerprint density at radius 3 is 2.15 bits per heavy atom. The molecule has 3 aromatic carbocycles. The summed E-state index contributed by atoms with van der Waals surface area (Å²) in [5.74, 6) is -1.74. The van der Waals surface area contributed by atoms with Crippen molar-refractivity contribution in [3.63, 3.8) is 0 Å². The Kier molecular flexibility index (Phi) is 11.8. The van der Waals surface area contributed by atoms with E-state index >= 15 is 0 Å². The number of nitrogens with zero attached hydrogens (tertiary/aromatic N) is 2. The molecule has 2 aliphatic heterocycles. The van der Waals surface area contributed by atoms with Gasteiger partial charge in [0.1, 0.15) is 23.8 Å². The summed E-state index contributed by atoms with van der Waals surface area (Å²) in [6, 6.07) is 17.5. The Hall–Kier alpha value is -4.60. The van der Waals surface area contributed by atoms with Crippen molar-refractivity contribution in [1.82, 2.24) is 15.3 Å². The Bertz CT molecular complexity index is 1850. The Morgan fingerprint density at radius 1 is 0.925 bits per heavy atom. The number of thioether (sulfide) groups is 1. The zero-order valence-corrected chi connectivity index (χ0v) is 32.0. The first-order chi connectivity index (χ1) is 24.9. The average Bonchev–Trinajstić information content (AvgIpc) is 3.11. The summed E-state index contributed by atoms with van der Waals surface area (Å²) >= 11 is 1.20. The molecular weight excluding hydrogens is 728 g/mol. The van der Waals surface area contributed by atoms with Gasteiger partial charge in [0.05, 0.1) is 25.6 Å². The number of carbonyl (C=O) groups excluding carboxylic acids is 4. The molecule has 1 fully saturated rings. The second-order valence-electron chi connectivity index (χ2n) is 14.3. The molecule has 0 saturated carbocycles. The molecule has 0 aromatic heterocycles. The van der Waals surface area contributed by atoms with E-state index in [1.165, 1.54) is 23.8 Å². The maximum atomic E-state index is 14.0. The second kappa shape index (κ2) is 15.8. The summed E-state index contributed by atoms with van der Waals surface area (Å²) in [7, 11) is -1.23. The van der Waals surface area contributed by atoms with Gasteiger partial charge in [0.25, 0.3) is 5.91 Å². The fourth-order valence-electron chi connectivity index (χ4n) is 5.46. The van der Waals surface area contributed by atoms with Crippen molar-refractivity contribution < 1.29 is 46.3 Å². The molecule has 15 heteroatoms. The minimum atomic E-state index is -4.60. The lowest BCUT2D eigenvalue weighted by Crippen LogP contribution is -2.74. The number of benzene rings is 3. The molecule has 1 saturated heterocycles. The number of amides is 3. The standard InChI is InChI=1S/C38H42F3N3O7SSi/c1-37(2,3)53(5,6)51-43(33(46)26-14-16-28(17-15-26)38(39,40)41)21-27-23-52-35-31(42-30(45)20-24-10-8-7-9-11-24)34(47)44(35)32(27)36(48)50-22-25-12-18-29(49-4)19-13-25/h7-19,23,31-32,35H,20-22H2,1-6H3,(H,42,45)/t31-,32?,35-/m1/s1. The molecule has 5 rings (SSSR count). The van der Waals surface area contributed by atoms with Crippen LogP contribution in [0.5, 0.6) is 5.75 Å². The monoisotopic (exact) mass is 769 g/mol. The molecule has 0 spiro atoms. The summed E-state index contributed by atoms with van der Waals surface area (Å²) in [6.45, 7) is 9.27. The van der Waals surface area contributed by atoms with E-state index < -0.39 is 55.3 Å². The number of alkyl halides is 3. The van der Waals surface area contributed by atoms with E-state index in [-0.39, 0.29) is 36.1 Å². The third kappa shape index (κ3) is 9.14. The van der Waals surface area contributed by atoms with Gasteiger partial charge in [-0.1, -0.05) is 63.2 Å². The lowest BCUT2D eigenvalue weighted by molar-refractivity contribution is -0.164. The summed E-state index contributed by atoms with van der Waals surface area (Å²) in [4.78, 5) is 56.0. The summed E-state index contributed by atoms with van der Waals surface area (Å²) < 4.78 is 57.4. The number of rotatable bonds is 12. The number of hydrogen-bond acceptors (Lipinski definition) is 8. The molecule has 282 valence electrons. The van der Waals surface area contributed by atoms with Gasteiger partial charge in [0.2, 0.25) is 20.1 Å². The maximum Gasteiger partial charge on any atom is 0.416 e. The minimum Gasteiger partial charge on any atom is -0.497 e. The van der Waals surface area contributed by atoms with Crippen LogP contribution in [0, 0.1) is 0 Å². The van der Waals surface area contributed by atoms with E-state index in [1.54, 1.807) is 41.8 Å². The van der Waals surface area contributed by atoms with Crippen molar-refractivity contribution in [2.45, 2.75) is 75.6 Å². The Morgan fingerprint density at radius 2 is 1.57 bits per heavy atom. The van der Waals surface area contributed by atoms with Crippen molar-refractivity contribution in [2.75, 3.05) is 13.7 Å². The number of fused-ring (bicyclic) bond motifs is 1. The Balaban J connectivity index is 1.44. The molecule has 10 nitrogen and oxygen atoms in total. The van der Waals surface area contributed by atoms with Gasteiger partial charge < -0.3 is 24.2 Å². The van der Waals surface area contributed by atoms with Crippen LogP contribution in [-0.2, 0) is 42.9 Å². The zero-order chi connectivity index (χ0) is 38.7. The van der Waals surface area contributed by atoms with Gasteiger partial charge in [-0.05, 0) is 76.6 Å². The Labute approximate surface area is 311 Å². The number of esters is 1. The van der Waals surface area contributed by atoms with Crippen LogP contribution in [0.2, 0.25) is 18.1 Å². The van der Waals surface area contributed by atoms with Crippen molar-refractivity contribution in [3.8, 4) is 5.75 Å². The van der Waals surface area contributed by atoms with E-state index in [9.17, 15) is 32.3 Å². The highest BCUT2D eigenvalue weighted by Gasteiger charge is 2.56. The summed E-state index contributed by atoms with van der Waals surface area (Å²) in [5.41, 5.74) is 0.759. The first kappa shape index (κ1) is 39.6. The first-order valence-electron chi connectivity index (χ1n) is 16.9. The fourth-order valence-corrected chi connectivity index (χ4v) is 7.65. The van der Waals surface area contributed by atoms with Crippen LogP contribution < -0.4 is 10.1 Å². The molecule has 0 radical (unpaired) electrons. The van der Waals surface area contributed by atoms with Gasteiger partial charge in [-0.3, -0.25) is 14.4 Å². The van der Waals surface area contributed by atoms with Gasteiger partial charge >= 0.3 is 12.1 Å². The molecular formula is C38H42F3N3O7SSi. The number of hydroxylamine groups is 2. The number of nitrogens with one attached hydrogen (secondary N) is 1. The molecule has 3 atom stereocenters. The zero-order valence-electron chi connectivity index (χ0n) is 30.2. The van der Waals surface area contributed by atoms with Crippen LogP contribution in [0.25, 0.3) is 0 Å². The van der Waals surface area contributed by atoms with E-state index in [4.69, 9.17) is 14.0 Å². The van der Waals surface area contributed by atoms with Gasteiger partial charge in [-0.15, -0.1) is 11.8 Å². The molecule has 2 heterocycles. The second-order valence-corrected chi connectivity index (χ2v) is 20.0. The number of ether oxygens (including phenoxy) is 2. The van der Waals surface area contributed by atoms with Crippen LogP contribution in [0.15, 0.2) is 89.8 Å². The topological polar surface area (TPSA) is 114 Å². The van der Waals surface area contributed by atoms with Gasteiger partial charge in [-0.25, -0.2) is 9.86 Å². The number of methoxy groups -OCH3 is 1. The minimum absolute atomic E-state index is 0.0569. The summed E-state index contributed by atoms with van der Waals surface area (Å²) in [6.07, 6.45) is -4.54. The van der Waals surface area contributed by atoms with Gasteiger partial charge in [-0.2, -0.15) is 13.2 Å². The van der Waals surface area contributed by atoms with E-state index in [0.29, 0.717) is 16.9 Å². The normalized spacial score (nSPS) is 18.7. The van der Waals surface area contributed by atoms with Crippen molar-refractivity contribution in [3.05, 3.63) is 112 Å². The SMILES string of the molecule is COc1ccc(COC(=O)C2C(CN(O[Si](C)(C)C(C)(C)C)C(=O)c3ccc(C(F)(F)F)cc3)=CS[C@@H]3[C@H](NC(=O)Cc4ccccc4)C(=O)N23)cc1. The number of hydrogen-bond donors (Lipinski definition) is 1. The predicted octanol–water partition coefficient (Wildman–Crippen LogP) is 6.73. The smallest absolute Gasteiger partial charge is 0.416 e. The molecule has 1 N–H and O–H groups in total. The summed E-state index contributed by atoms with van der Waals surface area (Å²) in [5, 5.41) is 4.48. The van der Waals surface area contributed by atoms with Crippen LogP contribution in [-0.4, -0.2) is 73.1 Å². The number of carbonyl (C=O) groups is 4. The molecule has 0 bridgehead atoms. The molecule has 3 aromatic rings. The van der Waals surface area contributed by atoms with Crippen LogP contribution in [0.4, 0.5) is 13.2 Å². The van der Waals surface area contributed by atoms with Crippen molar-refractivity contribution >= 4 is 43.8 Å². The van der Waals surface area contributed by atoms with E-state index in [0.717, 1.165) is 34.9 Å². The highest BCUT2D eigenvalue weighted by atomic mass is 32.2. The van der Waals surface area contributed by atoms with E-state index in [1.807, 2.05) is 52.1 Å². The highest BCUT2D eigenvalue weighted by Crippen LogP contribution is 2.42. The van der Waals surface area contributed by atoms with Crippen molar-refractivity contribution in [1.29, 1.82) is 0 Å². The molecule has 0 aliphatic carbocycles. The highest BCUT2D eigenvalue weighted by molar-refractivity contribution is 8.03. The third-order valence-corrected chi connectivity index (χ3v) is 15.0.